The van der Waals surface area contributed by atoms with Crippen LogP contribution in [0.4, 0.5) is 0 Å². The average Bonchev–Trinajstić information content (AvgIpc) is 2.26. The van der Waals surface area contributed by atoms with Crippen molar-refractivity contribution in [2.24, 2.45) is 11.8 Å². The van der Waals surface area contributed by atoms with Crippen molar-refractivity contribution in [3.63, 3.8) is 0 Å². The molecule has 0 saturated heterocycles. The Hall–Kier alpha value is -0.0500. The minimum Gasteiger partial charge on any atom is -0.465 e. The van der Waals surface area contributed by atoms with Gasteiger partial charge in [0.05, 0.1) is 6.61 Å². The quantitative estimate of drug-likeness (QED) is 0.575. The summed E-state index contributed by atoms with van der Waals surface area (Å²) < 4.78 is 5.12. The summed E-state index contributed by atoms with van der Waals surface area (Å²) in [7, 11) is 0. The number of carbonyl (C=O) groups is 1. The summed E-state index contributed by atoms with van der Waals surface area (Å²) in [6.07, 6.45) is 6.70. The maximum Gasteiger partial charge on any atom is 0.316 e. The fourth-order valence-corrected chi connectivity index (χ4v) is 2.26. The minimum absolute atomic E-state index is 0.146. The predicted octanol–water partition coefficient (Wildman–Crippen LogP) is 3.14. The molecule has 0 aromatic heterocycles. The van der Waals surface area contributed by atoms with Crippen LogP contribution < -0.4 is 0 Å². The maximum atomic E-state index is 10.9. The van der Waals surface area contributed by atoms with Gasteiger partial charge in [0.2, 0.25) is 0 Å². The molecule has 0 amide bonds. The summed E-state index contributed by atoms with van der Waals surface area (Å²) in [5.74, 6) is 1.15. The normalized spacial score (nSPS) is 20.4. The van der Waals surface area contributed by atoms with Gasteiger partial charge in [-0.1, -0.05) is 55.0 Å². The first kappa shape index (κ1) is 12.0. The Labute approximate surface area is 94.5 Å². The van der Waals surface area contributed by atoms with Crippen LogP contribution in [0.15, 0.2) is 0 Å². The zero-order valence-corrected chi connectivity index (χ0v) is 10.4. The molecule has 1 rings (SSSR count). The summed E-state index contributed by atoms with van der Waals surface area (Å²) >= 11 is 3.09. The molecule has 0 aliphatic heterocycles. The van der Waals surface area contributed by atoms with Crippen LogP contribution in [0, 0.1) is 11.8 Å². The monoisotopic (exact) mass is 262 g/mol. The van der Waals surface area contributed by atoms with Gasteiger partial charge in [-0.2, -0.15) is 0 Å². The third-order valence-electron chi connectivity index (χ3n) is 3.07. The third-order valence-corrected chi connectivity index (χ3v) is 3.53. The standard InChI is InChI=1S/C11H19BrO2/c1-9(8-14-11(13)7-12)10-5-3-2-4-6-10/h9-10H,2-8H2,1H3. The summed E-state index contributed by atoms with van der Waals surface area (Å²) in [4.78, 5) is 10.9. The first-order chi connectivity index (χ1) is 6.74. The molecule has 0 spiro atoms. The number of ether oxygens (including phenoxy) is 1. The zero-order chi connectivity index (χ0) is 10.4. The lowest BCUT2D eigenvalue weighted by Gasteiger charge is -2.27. The van der Waals surface area contributed by atoms with E-state index in [-0.39, 0.29) is 5.97 Å². The number of hydrogen-bond acceptors (Lipinski definition) is 2. The first-order valence-electron chi connectivity index (χ1n) is 5.45. The highest BCUT2D eigenvalue weighted by molar-refractivity contribution is 9.09. The van der Waals surface area contributed by atoms with Crippen molar-refractivity contribution in [2.75, 3.05) is 11.9 Å². The molecule has 1 atom stereocenters. The van der Waals surface area contributed by atoms with Gasteiger partial charge in [0.15, 0.2) is 0 Å². The second kappa shape index (κ2) is 6.44. The lowest BCUT2D eigenvalue weighted by molar-refractivity contribution is -0.142. The number of halogens is 1. The van der Waals surface area contributed by atoms with E-state index >= 15 is 0 Å². The molecule has 0 aromatic carbocycles. The summed E-state index contributed by atoms with van der Waals surface area (Å²) in [5, 5.41) is 0.310. The molecule has 1 aliphatic carbocycles. The molecule has 1 saturated carbocycles. The molecule has 82 valence electrons. The Morgan fingerprint density at radius 3 is 2.64 bits per heavy atom. The molecule has 2 nitrogen and oxygen atoms in total. The maximum absolute atomic E-state index is 10.9. The summed E-state index contributed by atoms with van der Waals surface area (Å²) in [6, 6.07) is 0. The number of alkyl halides is 1. The number of rotatable bonds is 4. The first-order valence-corrected chi connectivity index (χ1v) is 6.57. The number of carbonyl (C=O) groups excluding carboxylic acids is 1. The van der Waals surface area contributed by atoms with E-state index in [1.807, 2.05) is 0 Å². The van der Waals surface area contributed by atoms with Crippen LogP contribution in [0.3, 0.4) is 0 Å². The van der Waals surface area contributed by atoms with E-state index < -0.39 is 0 Å². The SMILES string of the molecule is CC(COC(=O)CBr)C1CCCCC1. The van der Waals surface area contributed by atoms with Crippen molar-refractivity contribution in [3.8, 4) is 0 Å². The highest BCUT2D eigenvalue weighted by Gasteiger charge is 2.20. The van der Waals surface area contributed by atoms with E-state index in [0.29, 0.717) is 17.9 Å². The topological polar surface area (TPSA) is 26.3 Å². The molecule has 1 unspecified atom stereocenters. The molecule has 0 aromatic rings. The van der Waals surface area contributed by atoms with Crippen LogP contribution in [0.25, 0.3) is 0 Å². The van der Waals surface area contributed by atoms with Crippen LogP contribution in [0.5, 0.6) is 0 Å². The molecule has 0 bridgehead atoms. The Morgan fingerprint density at radius 1 is 1.43 bits per heavy atom. The van der Waals surface area contributed by atoms with E-state index in [1.54, 1.807) is 0 Å². The highest BCUT2D eigenvalue weighted by Crippen LogP contribution is 2.29. The molecule has 0 radical (unpaired) electrons. The number of esters is 1. The van der Waals surface area contributed by atoms with Crippen molar-refractivity contribution in [1.29, 1.82) is 0 Å². The fourth-order valence-electron chi connectivity index (χ4n) is 2.10. The predicted molar refractivity (Wildman–Crippen MR) is 60.5 cm³/mol. The molecule has 0 heterocycles. The van der Waals surface area contributed by atoms with Gasteiger partial charge in [0.1, 0.15) is 5.33 Å². The van der Waals surface area contributed by atoms with Crippen molar-refractivity contribution in [1.82, 2.24) is 0 Å². The minimum atomic E-state index is -0.146. The van der Waals surface area contributed by atoms with Crippen LogP contribution in [0.1, 0.15) is 39.0 Å². The lowest BCUT2D eigenvalue weighted by atomic mass is 9.81. The summed E-state index contributed by atoms with van der Waals surface area (Å²) in [6.45, 7) is 2.78. The van der Waals surface area contributed by atoms with E-state index in [9.17, 15) is 4.79 Å². The Kier molecular flexibility index (Phi) is 5.53. The van der Waals surface area contributed by atoms with Crippen molar-refractivity contribution < 1.29 is 9.53 Å². The largest absolute Gasteiger partial charge is 0.465 e. The second-order valence-corrected chi connectivity index (χ2v) is 4.75. The van der Waals surface area contributed by atoms with Gasteiger partial charge in [0.25, 0.3) is 0 Å². The smallest absolute Gasteiger partial charge is 0.316 e. The molecule has 1 aliphatic rings. The Balaban J connectivity index is 2.19. The zero-order valence-electron chi connectivity index (χ0n) is 8.80. The molecule has 1 fully saturated rings. The Bertz CT molecular complexity index is 176. The second-order valence-electron chi connectivity index (χ2n) is 4.19. The highest BCUT2D eigenvalue weighted by atomic mass is 79.9. The van der Waals surface area contributed by atoms with E-state index in [1.165, 1.54) is 32.1 Å². The molecular weight excluding hydrogens is 244 g/mol. The van der Waals surface area contributed by atoms with Crippen molar-refractivity contribution in [2.45, 2.75) is 39.0 Å². The lowest BCUT2D eigenvalue weighted by Crippen LogP contribution is -2.21. The molecular formula is C11H19BrO2. The van der Waals surface area contributed by atoms with Crippen LogP contribution >= 0.6 is 15.9 Å². The molecule has 3 heteroatoms. The van der Waals surface area contributed by atoms with Gasteiger partial charge in [0, 0.05) is 0 Å². The Morgan fingerprint density at radius 2 is 2.07 bits per heavy atom. The van der Waals surface area contributed by atoms with Gasteiger partial charge >= 0.3 is 5.97 Å². The van der Waals surface area contributed by atoms with Crippen LogP contribution in [0.2, 0.25) is 0 Å². The average molecular weight is 263 g/mol. The van der Waals surface area contributed by atoms with Crippen LogP contribution in [-0.4, -0.2) is 17.9 Å². The van der Waals surface area contributed by atoms with Gasteiger partial charge in [-0.3, -0.25) is 4.79 Å². The van der Waals surface area contributed by atoms with E-state index in [0.717, 1.165) is 5.92 Å². The van der Waals surface area contributed by atoms with Crippen molar-refractivity contribution in [3.05, 3.63) is 0 Å². The third kappa shape index (κ3) is 3.99. The van der Waals surface area contributed by atoms with Gasteiger partial charge < -0.3 is 4.74 Å². The van der Waals surface area contributed by atoms with Gasteiger partial charge in [-0.05, 0) is 11.8 Å². The van der Waals surface area contributed by atoms with E-state index in [4.69, 9.17) is 4.74 Å². The fraction of sp³-hybridized carbons (Fsp3) is 0.909. The number of hydrogen-bond donors (Lipinski definition) is 0. The van der Waals surface area contributed by atoms with Crippen molar-refractivity contribution >= 4 is 21.9 Å². The van der Waals surface area contributed by atoms with Gasteiger partial charge in [-0.15, -0.1) is 0 Å². The van der Waals surface area contributed by atoms with E-state index in [2.05, 4.69) is 22.9 Å². The molecule has 14 heavy (non-hydrogen) atoms. The van der Waals surface area contributed by atoms with Crippen LogP contribution in [-0.2, 0) is 9.53 Å². The summed E-state index contributed by atoms with van der Waals surface area (Å²) in [5.41, 5.74) is 0. The molecule has 0 N–H and O–H groups in total. The van der Waals surface area contributed by atoms with Gasteiger partial charge in [-0.25, -0.2) is 0 Å².